The summed E-state index contributed by atoms with van der Waals surface area (Å²) < 4.78 is 13.0. The molecule has 0 bridgehead atoms. The maximum absolute atomic E-state index is 13.0. The highest BCUT2D eigenvalue weighted by molar-refractivity contribution is 7.17. The van der Waals surface area contributed by atoms with Crippen molar-refractivity contribution in [1.82, 2.24) is 4.90 Å². The van der Waals surface area contributed by atoms with E-state index in [1.54, 1.807) is 12.1 Å². The molecular formula is C17H18FNOS. The smallest absolute Gasteiger partial charge is 0.264 e. The number of hydrogen-bond donors (Lipinski definition) is 0. The molecule has 1 aromatic carbocycles. The summed E-state index contributed by atoms with van der Waals surface area (Å²) in [6.07, 6.45) is 3.38. The van der Waals surface area contributed by atoms with E-state index in [9.17, 15) is 9.18 Å². The summed E-state index contributed by atoms with van der Waals surface area (Å²) in [7, 11) is 0. The largest absolute Gasteiger partial charge is 0.335 e. The predicted molar refractivity (Wildman–Crippen MR) is 84.1 cm³/mol. The molecule has 2 aromatic rings. The minimum atomic E-state index is -0.242. The molecule has 110 valence electrons. The van der Waals surface area contributed by atoms with Crippen LogP contribution in [0.3, 0.4) is 0 Å². The Morgan fingerprint density at radius 2 is 1.95 bits per heavy atom. The molecule has 4 heteroatoms. The zero-order valence-corrected chi connectivity index (χ0v) is 12.8. The van der Waals surface area contributed by atoms with Gasteiger partial charge in [-0.05, 0) is 56.0 Å². The first kappa shape index (κ1) is 14.3. The van der Waals surface area contributed by atoms with Crippen LogP contribution in [0.5, 0.6) is 0 Å². The first-order valence-corrected chi connectivity index (χ1v) is 8.13. The van der Waals surface area contributed by atoms with Crippen molar-refractivity contribution in [1.29, 1.82) is 0 Å². The Morgan fingerprint density at radius 3 is 2.67 bits per heavy atom. The molecule has 2 heterocycles. The standard InChI is InChI=1S/C17H18FNOS/c1-12-4-2-3-11-19(12)17(20)16-10-9-15(21-16)13-5-7-14(18)8-6-13/h5-10,12H,2-4,11H2,1H3. The van der Waals surface area contributed by atoms with E-state index in [2.05, 4.69) is 6.92 Å². The highest BCUT2D eigenvalue weighted by Gasteiger charge is 2.25. The number of carbonyl (C=O) groups is 1. The maximum Gasteiger partial charge on any atom is 0.264 e. The molecule has 1 aliphatic rings. The van der Waals surface area contributed by atoms with Gasteiger partial charge in [0.1, 0.15) is 5.82 Å². The van der Waals surface area contributed by atoms with Crippen molar-refractivity contribution < 1.29 is 9.18 Å². The molecule has 1 saturated heterocycles. The zero-order chi connectivity index (χ0) is 14.8. The van der Waals surface area contributed by atoms with Crippen LogP contribution in [-0.4, -0.2) is 23.4 Å². The summed E-state index contributed by atoms with van der Waals surface area (Å²) in [5, 5.41) is 0. The molecule has 1 unspecified atom stereocenters. The molecule has 1 atom stereocenters. The lowest BCUT2D eigenvalue weighted by Crippen LogP contribution is -2.41. The first-order valence-electron chi connectivity index (χ1n) is 7.32. The van der Waals surface area contributed by atoms with Crippen molar-refractivity contribution in [3.05, 3.63) is 47.1 Å². The van der Waals surface area contributed by atoms with Crippen LogP contribution in [0.15, 0.2) is 36.4 Å². The van der Waals surface area contributed by atoms with E-state index >= 15 is 0 Å². The molecule has 0 spiro atoms. The number of nitrogens with zero attached hydrogens (tertiary/aromatic N) is 1. The molecule has 2 nitrogen and oxygen atoms in total. The van der Waals surface area contributed by atoms with Crippen LogP contribution < -0.4 is 0 Å². The van der Waals surface area contributed by atoms with E-state index in [1.165, 1.54) is 29.9 Å². The van der Waals surface area contributed by atoms with Gasteiger partial charge in [0.25, 0.3) is 5.91 Å². The Bertz CT molecular complexity index is 634. The van der Waals surface area contributed by atoms with Crippen LogP contribution in [-0.2, 0) is 0 Å². The molecule has 1 amide bonds. The first-order chi connectivity index (χ1) is 10.1. The second-order valence-corrected chi connectivity index (χ2v) is 6.60. The number of piperidine rings is 1. The molecule has 0 N–H and O–H groups in total. The SMILES string of the molecule is CC1CCCCN1C(=O)c1ccc(-c2ccc(F)cc2)s1. The van der Waals surface area contributed by atoms with Crippen molar-refractivity contribution in [2.45, 2.75) is 32.2 Å². The van der Waals surface area contributed by atoms with Crippen LogP contribution in [0.4, 0.5) is 4.39 Å². The average molecular weight is 303 g/mol. The normalized spacial score (nSPS) is 18.8. The second-order valence-electron chi connectivity index (χ2n) is 5.51. The maximum atomic E-state index is 13.0. The zero-order valence-electron chi connectivity index (χ0n) is 12.0. The fourth-order valence-electron chi connectivity index (χ4n) is 2.76. The van der Waals surface area contributed by atoms with Crippen molar-refractivity contribution in [3.8, 4) is 10.4 Å². The van der Waals surface area contributed by atoms with Gasteiger partial charge in [0.2, 0.25) is 0 Å². The second kappa shape index (κ2) is 5.98. The van der Waals surface area contributed by atoms with Crippen LogP contribution in [0, 0.1) is 5.82 Å². The average Bonchev–Trinajstić information content (AvgIpc) is 2.98. The Kier molecular flexibility index (Phi) is 4.06. The van der Waals surface area contributed by atoms with E-state index < -0.39 is 0 Å². The lowest BCUT2D eigenvalue weighted by molar-refractivity contribution is 0.0640. The molecule has 1 fully saturated rings. The monoisotopic (exact) mass is 303 g/mol. The Hall–Kier alpha value is -1.68. The quantitative estimate of drug-likeness (QED) is 0.796. The van der Waals surface area contributed by atoms with E-state index in [1.807, 2.05) is 17.0 Å². The summed E-state index contributed by atoms with van der Waals surface area (Å²) in [6.45, 7) is 2.97. The van der Waals surface area contributed by atoms with Crippen LogP contribution in [0.25, 0.3) is 10.4 Å². The molecular weight excluding hydrogens is 285 g/mol. The van der Waals surface area contributed by atoms with Gasteiger partial charge < -0.3 is 4.90 Å². The number of thiophene rings is 1. The van der Waals surface area contributed by atoms with Crippen molar-refractivity contribution in [2.75, 3.05) is 6.54 Å². The van der Waals surface area contributed by atoms with Crippen LogP contribution >= 0.6 is 11.3 Å². The van der Waals surface area contributed by atoms with Crippen LogP contribution in [0.2, 0.25) is 0 Å². The van der Waals surface area contributed by atoms with E-state index in [0.717, 1.165) is 34.7 Å². The fourth-order valence-corrected chi connectivity index (χ4v) is 3.73. The molecule has 0 aliphatic carbocycles. The van der Waals surface area contributed by atoms with Gasteiger partial charge in [-0.1, -0.05) is 12.1 Å². The lowest BCUT2D eigenvalue weighted by atomic mass is 10.0. The summed E-state index contributed by atoms with van der Waals surface area (Å²) in [6, 6.07) is 10.5. The number of rotatable bonds is 2. The lowest BCUT2D eigenvalue weighted by Gasteiger charge is -2.33. The summed E-state index contributed by atoms with van der Waals surface area (Å²) in [5.41, 5.74) is 0.951. The van der Waals surface area contributed by atoms with Crippen LogP contribution in [0.1, 0.15) is 35.9 Å². The van der Waals surface area contributed by atoms with Gasteiger partial charge in [-0.15, -0.1) is 11.3 Å². The molecule has 1 aliphatic heterocycles. The summed E-state index contributed by atoms with van der Waals surface area (Å²) in [4.78, 5) is 16.3. The fraction of sp³-hybridized carbons (Fsp3) is 0.353. The van der Waals surface area contributed by atoms with Gasteiger partial charge in [0.15, 0.2) is 0 Å². The number of likely N-dealkylation sites (tertiary alicyclic amines) is 1. The highest BCUT2D eigenvalue weighted by atomic mass is 32.1. The number of carbonyl (C=O) groups excluding carboxylic acids is 1. The number of benzene rings is 1. The predicted octanol–water partition coefficient (Wildman–Crippen LogP) is 4.57. The number of halogens is 1. The van der Waals surface area contributed by atoms with E-state index in [-0.39, 0.29) is 11.7 Å². The van der Waals surface area contributed by atoms with Gasteiger partial charge in [-0.25, -0.2) is 4.39 Å². The molecule has 21 heavy (non-hydrogen) atoms. The van der Waals surface area contributed by atoms with Crippen molar-refractivity contribution >= 4 is 17.2 Å². The van der Waals surface area contributed by atoms with Gasteiger partial charge >= 0.3 is 0 Å². The number of hydrogen-bond acceptors (Lipinski definition) is 2. The van der Waals surface area contributed by atoms with Crippen molar-refractivity contribution in [3.63, 3.8) is 0 Å². The van der Waals surface area contributed by atoms with Gasteiger partial charge in [-0.3, -0.25) is 4.79 Å². The van der Waals surface area contributed by atoms with Gasteiger partial charge in [-0.2, -0.15) is 0 Å². The molecule has 0 saturated carbocycles. The third-order valence-electron chi connectivity index (χ3n) is 4.01. The van der Waals surface area contributed by atoms with E-state index in [0.29, 0.717) is 6.04 Å². The summed E-state index contributed by atoms with van der Waals surface area (Å²) in [5.74, 6) is -0.116. The molecule has 1 aromatic heterocycles. The third-order valence-corrected chi connectivity index (χ3v) is 5.13. The Labute approximate surface area is 128 Å². The minimum Gasteiger partial charge on any atom is -0.335 e. The van der Waals surface area contributed by atoms with Crippen molar-refractivity contribution in [2.24, 2.45) is 0 Å². The van der Waals surface area contributed by atoms with E-state index in [4.69, 9.17) is 0 Å². The number of amides is 1. The van der Waals surface area contributed by atoms with Gasteiger partial charge in [0.05, 0.1) is 4.88 Å². The topological polar surface area (TPSA) is 20.3 Å². The highest BCUT2D eigenvalue weighted by Crippen LogP contribution is 2.30. The third kappa shape index (κ3) is 3.00. The Balaban J connectivity index is 1.81. The minimum absolute atomic E-state index is 0.126. The molecule has 0 radical (unpaired) electrons. The molecule has 3 rings (SSSR count). The summed E-state index contributed by atoms with van der Waals surface area (Å²) >= 11 is 1.48. The van der Waals surface area contributed by atoms with Gasteiger partial charge in [0, 0.05) is 17.5 Å². The Morgan fingerprint density at radius 1 is 1.19 bits per heavy atom.